The first-order valence-electron chi connectivity index (χ1n) is 7.30. The maximum Gasteiger partial charge on any atom is 0.0939 e. The molecule has 112 valence electrons. The van der Waals surface area contributed by atoms with E-state index in [0.29, 0.717) is 25.7 Å². The lowest BCUT2D eigenvalue weighted by atomic mass is 9.80. The van der Waals surface area contributed by atoms with E-state index in [9.17, 15) is 0 Å². The van der Waals surface area contributed by atoms with E-state index in [2.05, 4.69) is 0 Å². The molecule has 0 radical (unpaired) electrons. The molecule has 19 heavy (non-hydrogen) atoms. The third-order valence-corrected chi connectivity index (χ3v) is 4.23. The van der Waals surface area contributed by atoms with Crippen LogP contribution in [0.4, 0.5) is 0 Å². The van der Waals surface area contributed by atoms with Crippen molar-refractivity contribution in [1.82, 2.24) is 0 Å². The molecule has 2 heterocycles. The Morgan fingerprint density at radius 1 is 1.32 bits per heavy atom. The number of hydrogen-bond acceptors (Lipinski definition) is 5. The molecular formula is C14H27NO4. The quantitative estimate of drug-likeness (QED) is 0.700. The summed E-state index contributed by atoms with van der Waals surface area (Å²) in [6.45, 7) is 4.38. The Morgan fingerprint density at radius 2 is 2.21 bits per heavy atom. The van der Waals surface area contributed by atoms with Crippen LogP contribution in [0.25, 0.3) is 0 Å². The van der Waals surface area contributed by atoms with Crippen LogP contribution in [0.3, 0.4) is 0 Å². The second-order valence-corrected chi connectivity index (χ2v) is 5.64. The Labute approximate surface area is 115 Å². The smallest absolute Gasteiger partial charge is 0.0939 e. The Kier molecular flexibility index (Phi) is 6.04. The molecule has 0 aromatic rings. The first-order valence-corrected chi connectivity index (χ1v) is 7.30. The molecule has 5 nitrogen and oxygen atoms in total. The second kappa shape index (κ2) is 7.55. The minimum absolute atomic E-state index is 0.0442. The van der Waals surface area contributed by atoms with Crippen molar-refractivity contribution in [3.63, 3.8) is 0 Å². The van der Waals surface area contributed by atoms with Crippen molar-refractivity contribution in [2.45, 2.75) is 37.3 Å². The molecule has 1 spiro atoms. The highest BCUT2D eigenvalue weighted by atomic mass is 16.6. The van der Waals surface area contributed by atoms with Gasteiger partial charge >= 0.3 is 0 Å². The van der Waals surface area contributed by atoms with E-state index < -0.39 is 0 Å². The fourth-order valence-corrected chi connectivity index (χ4v) is 2.99. The van der Waals surface area contributed by atoms with Crippen LogP contribution >= 0.6 is 0 Å². The number of ether oxygens (including phenoxy) is 4. The van der Waals surface area contributed by atoms with Crippen LogP contribution in [0.5, 0.6) is 0 Å². The molecule has 2 N–H and O–H groups in total. The molecule has 0 aromatic heterocycles. The van der Waals surface area contributed by atoms with Crippen molar-refractivity contribution in [2.75, 3.05) is 46.8 Å². The van der Waals surface area contributed by atoms with Crippen LogP contribution in [0.1, 0.15) is 25.7 Å². The molecule has 2 saturated heterocycles. The van der Waals surface area contributed by atoms with E-state index >= 15 is 0 Å². The van der Waals surface area contributed by atoms with Gasteiger partial charge in [-0.05, 0) is 25.2 Å². The van der Waals surface area contributed by atoms with E-state index in [1.54, 1.807) is 7.11 Å². The normalized spacial score (nSPS) is 32.8. The van der Waals surface area contributed by atoms with E-state index in [1.165, 1.54) is 0 Å². The van der Waals surface area contributed by atoms with Crippen LogP contribution in [0, 0.1) is 5.92 Å². The van der Waals surface area contributed by atoms with Gasteiger partial charge in [-0.25, -0.2) is 0 Å². The molecule has 0 saturated carbocycles. The van der Waals surface area contributed by atoms with Gasteiger partial charge in [0.15, 0.2) is 0 Å². The van der Waals surface area contributed by atoms with Gasteiger partial charge in [-0.15, -0.1) is 0 Å². The predicted octanol–water partition coefficient (Wildman–Crippen LogP) is 0.953. The Hall–Kier alpha value is -0.200. The maximum absolute atomic E-state index is 6.31. The van der Waals surface area contributed by atoms with Gasteiger partial charge in [0.2, 0.25) is 0 Å². The monoisotopic (exact) mass is 273 g/mol. The Balaban J connectivity index is 1.68. The first kappa shape index (κ1) is 15.2. The molecule has 0 aromatic carbocycles. The van der Waals surface area contributed by atoms with Crippen molar-refractivity contribution in [2.24, 2.45) is 11.7 Å². The fourth-order valence-electron chi connectivity index (χ4n) is 2.99. The number of nitrogens with two attached hydrogens (primary N) is 1. The minimum atomic E-state index is -0.0442. The standard InChI is InChI=1S/C14H27NO4/c1-16-8-9-17-5-3-13(15)12-2-6-19-14(10-12)4-7-18-11-14/h12-13H,2-11,15H2,1H3. The van der Waals surface area contributed by atoms with Crippen molar-refractivity contribution in [1.29, 1.82) is 0 Å². The minimum Gasteiger partial charge on any atom is -0.382 e. The molecule has 0 bridgehead atoms. The van der Waals surface area contributed by atoms with E-state index in [1.807, 2.05) is 0 Å². The van der Waals surface area contributed by atoms with Crippen LogP contribution < -0.4 is 5.73 Å². The van der Waals surface area contributed by atoms with Gasteiger partial charge in [0.05, 0.1) is 25.4 Å². The molecule has 0 amide bonds. The largest absolute Gasteiger partial charge is 0.382 e. The SMILES string of the molecule is COCCOCCC(N)C1CCOC2(CCOC2)C1. The van der Waals surface area contributed by atoms with Crippen LogP contribution in [-0.4, -0.2) is 58.4 Å². The average Bonchev–Trinajstić information content (AvgIpc) is 2.86. The maximum atomic E-state index is 6.31. The van der Waals surface area contributed by atoms with Crippen molar-refractivity contribution in [3.8, 4) is 0 Å². The highest BCUT2D eigenvalue weighted by Crippen LogP contribution is 2.37. The molecule has 5 heteroatoms. The summed E-state index contributed by atoms with van der Waals surface area (Å²) < 4.78 is 21.9. The van der Waals surface area contributed by atoms with Crippen LogP contribution in [0.15, 0.2) is 0 Å². The van der Waals surface area contributed by atoms with E-state index in [0.717, 1.165) is 45.5 Å². The van der Waals surface area contributed by atoms with Gasteiger partial charge in [-0.1, -0.05) is 0 Å². The molecule has 3 unspecified atom stereocenters. The molecule has 0 aliphatic carbocycles. The van der Waals surface area contributed by atoms with E-state index in [4.69, 9.17) is 24.7 Å². The summed E-state index contributed by atoms with van der Waals surface area (Å²) in [5.41, 5.74) is 6.26. The summed E-state index contributed by atoms with van der Waals surface area (Å²) in [5.74, 6) is 0.529. The lowest BCUT2D eigenvalue weighted by Crippen LogP contribution is -2.46. The van der Waals surface area contributed by atoms with Gasteiger partial charge in [0.25, 0.3) is 0 Å². The summed E-state index contributed by atoms with van der Waals surface area (Å²) in [6, 6.07) is 0.198. The number of methoxy groups -OCH3 is 1. The summed E-state index contributed by atoms with van der Waals surface area (Å²) in [5, 5.41) is 0. The van der Waals surface area contributed by atoms with E-state index in [-0.39, 0.29) is 11.6 Å². The second-order valence-electron chi connectivity index (χ2n) is 5.64. The molecule has 2 aliphatic rings. The highest BCUT2D eigenvalue weighted by molar-refractivity contribution is 4.92. The molecule has 2 fully saturated rings. The molecule has 2 aliphatic heterocycles. The zero-order valence-electron chi connectivity index (χ0n) is 11.9. The molecular weight excluding hydrogens is 246 g/mol. The number of hydrogen-bond donors (Lipinski definition) is 1. The zero-order chi connectivity index (χ0) is 13.6. The summed E-state index contributed by atoms with van der Waals surface area (Å²) in [6.07, 6.45) is 4.01. The summed E-state index contributed by atoms with van der Waals surface area (Å²) in [4.78, 5) is 0. The lowest BCUT2D eigenvalue weighted by molar-refractivity contribution is -0.102. The van der Waals surface area contributed by atoms with Gasteiger partial charge in [-0.2, -0.15) is 0 Å². The molecule has 2 rings (SSSR count). The van der Waals surface area contributed by atoms with Crippen molar-refractivity contribution >= 4 is 0 Å². The van der Waals surface area contributed by atoms with Crippen molar-refractivity contribution < 1.29 is 18.9 Å². The first-order chi connectivity index (χ1) is 9.26. The van der Waals surface area contributed by atoms with Gasteiger partial charge < -0.3 is 24.7 Å². The molecule has 3 atom stereocenters. The fraction of sp³-hybridized carbons (Fsp3) is 1.00. The Bertz CT molecular complexity index is 256. The summed E-state index contributed by atoms with van der Waals surface area (Å²) in [7, 11) is 1.68. The predicted molar refractivity (Wildman–Crippen MR) is 72.1 cm³/mol. The lowest BCUT2D eigenvalue weighted by Gasteiger charge is -2.39. The zero-order valence-corrected chi connectivity index (χ0v) is 11.9. The third-order valence-electron chi connectivity index (χ3n) is 4.23. The Morgan fingerprint density at radius 3 is 2.95 bits per heavy atom. The van der Waals surface area contributed by atoms with Gasteiger partial charge in [0.1, 0.15) is 0 Å². The van der Waals surface area contributed by atoms with Gasteiger partial charge in [-0.3, -0.25) is 0 Å². The van der Waals surface area contributed by atoms with Gasteiger partial charge in [0, 0.05) is 39.4 Å². The summed E-state index contributed by atoms with van der Waals surface area (Å²) >= 11 is 0. The highest BCUT2D eigenvalue weighted by Gasteiger charge is 2.42. The van der Waals surface area contributed by atoms with Crippen LogP contribution in [-0.2, 0) is 18.9 Å². The van der Waals surface area contributed by atoms with Crippen molar-refractivity contribution in [3.05, 3.63) is 0 Å². The van der Waals surface area contributed by atoms with Crippen LogP contribution in [0.2, 0.25) is 0 Å². The average molecular weight is 273 g/mol. The topological polar surface area (TPSA) is 62.9 Å². The third kappa shape index (κ3) is 4.39. The number of rotatable bonds is 7.